The van der Waals surface area contributed by atoms with Crippen molar-refractivity contribution >= 4 is 5.95 Å². The predicted octanol–water partition coefficient (Wildman–Crippen LogP) is 2.77. The minimum Gasteiger partial charge on any atom is -0.357 e. The van der Waals surface area contributed by atoms with Gasteiger partial charge in [0.15, 0.2) is 5.82 Å². The zero-order chi connectivity index (χ0) is 12.4. The Morgan fingerprint density at radius 1 is 1.18 bits per heavy atom. The summed E-state index contributed by atoms with van der Waals surface area (Å²) in [5.74, 6) is -0.666. The molecular formula is C12H11F2N3. The van der Waals surface area contributed by atoms with Gasteiger partial charge in [0.1, 0.15) is 11.5 Å². The van der Waals surface area contributed by atoms with Crippen molar-refractivity contribution < 1.29 is 8.78 Å². The molecule has 17 heavy (non-hydrogen) atoms. The molecule has 0 amide bonds. The molecule has 0 fully saturated rings. The van der Waals surface area contributed by atoms with E-state index in [4.69, 9.17) is 0 Å². The molecule has 0 radical (unpaired) electrons. The van der Waals surface area contributed by atoms with Crippen molar-refractivity contribution in [2.45, 2.75) is 6.92 Å². The summed E-state index contributed by atoms with van der Waals surface area (Å²) in [6.07, 6.45) is 1.06. The molecular weight excluding hydrogens is 224 g/mol. The van der Waals surface area contributed by atoms with Crippen LogP contribution in [0.15, 0.2) is 24.4 Å². The van der Waals surface area contributed by atoms with Gasteiger partial charge in [-0.15, -0.1) is 0 Å². The predicted molar refractivity (Wildman–Crippen MR) is 61.7 cm³/mol. The Hall–Kier alpha value is -2.04. The molecule has 5 heteroatoms. The second-order valence-corrected chi connectivity index (χ2v) is 3.60. The molecule has 1 heterocycles. The number of nitrogens with zero attached hydrogens (tertiary/aromatic N) is 2. The van der Waals surface area contributed by atoms with E-state index >= 15 is 0 Å². The van der Waals surface area contributed by atoms with Crippen molar-refractivity contribution in [3.8, 4) is 11.3 Å². The Kier molecular flexibility index (Phi) is 2.99. The Labute approximate surface area is 97.5 Å². The van der Waals surface area contributed by atoms with Crippen molar-refractivity contribution in [3.63, 3.8) is 0 Å². The third-order valence-corrected chi connectivity index (χ3v) is 2.41. The van der Waals surface area contributed by atoms with Gasteiger partial charge in [-0.05, 0) is 18.6 Å². The summed E-state index contributed by atoms with van der Waals surface area (Å²) >= 11 is 0. The van der Waals surface area contributed by atoms with E-state index in [2.05, 4.69) is 15.3 Å². The molecule has 0 saturated heterocycles. The van der Waals surface area contributed by atoms with Crippen LogP contribution in [0.2, 0.25) is 0 Å². The van der Waals surface area contributed by atoms with Gasteiger partial charge < -0.3 is 5.32 Å². The Balaban J connectivity index is 2.55. The average Bonchev–Trinajstić information content (AvgIpc) is 2.33. The molecule has 0 aliphatic heterocycles. The number of aryl methyl sites for hydroxylation is 1. The van der Waals surface area contributed by atoms with Gasteiger partial charge in [-0.25, -0.2) is 18.7 Å². The maximum absolute atomic E-state index is 13.5. The van der Waals surface area contributed by atoms with Crippen LogP contribution < -0.4 is 5.32 Å². The first-order valence-electron chi connectivity index (χ1n) is 5.08. The maximum Gasteiger partial charge on any atom is 0.223 e. The summed E-state index contributed by atoms with van der Waals surface area (Å²) in [6.45, 7) is 1.65. The first-order chi connectivity index (χ1) is 8.11. The molecule has 3 nitrogen and oxygen atoms in total. The molecule has 0 spiro atoms. The summed E-state index contributed by atoms with van der Waals surface area (Å²) < 4.78 is 26.9. The third-order valence-electron chi connectivity index (χ3n) is 2.41. The molecule has 0 saturated carbocycles. The zero-order valence-corrected chi connectivity index (χ0v) is 9.46. The largest absolute Gasteiger partial charge is 0.357 e. The van der Waals surface area contributed by atoms with E-state index in [1.54, 1.807) is 26.1 Å². The second-order valence-electron chi connectivity index (χ2n) is 3.60. The number of anilines is 1. The van der Waals surface area contributed by atoms with Gasteiger partial charge in [0.25, 0.3) is 0 Å². The quantitative estimate of drug-likeness (QED) is 0.869. The van der Waals surface area contributed by atoms with Crippen LogP contribution in [-0.2, 0) is 0 Å². The molecule has 0 bridgehead atoms. The Bertz CT molecular complexity index is 555. The van der Waals surface area contributed by atoms with Crippen molar-refractivity contribution in [3.05, 3.63) is 41.6 Å². The lowest BCUT2D eigenvalue weighted by Crippen LogP contribution is -2.00. The van der Waals surface area contributed by atoms with Crippen LogP contribution in [0.5, 0.6) is 0 Å². The topological polar surface area (TPSA) is 37.8 Å². The van der Waals surface area contributed by atoms with Gasteiger partial charge in [0.2, 0.25) is 5.95 Å². The lowest BCUT2D eigenvalue weighted by Gasteiger charge is -2.06. The minimum atomic E-state index is -0.577. The number of hydrogen-bond donors (Lipinski definition) is 1. The smallest absolute Gasteiger partial charge is 0.223 e. The van der Waals surface area contributed by atoms with Crippen molar-refractivity contribution in [1.29, 1.82) is 0 Å². The second kappa shape index (κ2) is 4.45. The number of benzene rings is 1. The van der Waals surface area contributed by atoms with Crippen LogP contribution in [0.25, 0.3) is 11.3 Å². The first kappa shape index (κ1) is 11.4. The monoisotopic (exact) mass is 235 g/mol. The van der Waals surface area contributed by atoms with Gasteiger partial charge >= 0.3 is 0 Å². The molecule has 0 aliphatic rings. The van der Waals surface area contributed by atoms with E-state index in [9.17, 15) is 8.78 Å². The van der Waals surface area contributed by atoms with Gasteiger partial charge in [-0.1, -0.05) is 12.1 Å². The normalized spacial score (nSPS) is 10.4. The molecule has 0 aliphatic carbocycles. The van der Waals surface area contributed by atoms with Crippen molar-refractivity contribution in [1.82, 2.24) is 9.97 Å². The van der Waals surface area contributed by atoms with Crippen LogP contribution in [0.3, 0.4) is 0 Å². The molecule has 0 atom stereocenters. The summed E-state index contributed by atoms with van der Waals surface area (Å²) in [5.41, 5.74) is 0.991. The first-order valence-corrected chi connectivity index (χ1v) is 5.08. The fraction of sp³-hybridized carbons (Fsp3) is 0.167. The highest BCUT2D eigenvalue weighted by molar-refractivity contribution is 5.61. The lowest BCUT2D eigenvalue weighted by molar-refractivity contribution is 0.613. The molecule has 2 rings (SSSR count). The van der Waals surface area contributed by atoms with Crippen LogP contribution in [0.4, 0.5) is 14.7 Å². The third kappa shape index (κ3) is 2.22. The highest BCUT2D eigenvalue weighted by Gasteiger charge is 2.10. The van der Waals surface area contributed by atoms with E-state index in [0.717, 1.165) is 6.20 Å². The molecule has 0 unspecified atom stereocenters. The summed E-state index contributed by atoms with van der Waals surface area (Å²) in [5, 5.41) is 2.71. The van der Waals surface area contributed by atoms with E-state index in [0.29, 0.717) is 17.1 Å². The Morgan fingerprint density at radius 2 is 1.94 bits per heavy atom. The minimum absolute atomic E-state index is 0.0863. The van der Waals surface area contributed by atoms with Crippen LogP contribution in [0.1, 0.15) is 5.56 Å². The molecule has 2 aromatic rings. The fourth-order valence-corrected chi connectivity index (χ4v) is 1.43. The van der Waals surface area contributed by atoms with Crippen LogP contribution >= 0.6 is 0 Å². The number of nitrogens with one attached hydrogen (secondary N) is 1. The summed E-state index contributed by atoms with van der Waals surface area (Å²) in [4.78, 5) is 7.70. The molecule has 1 N–H and O–H groups in total. The van der Waals surface area contributed by atoms with Gasteiger partial charge in [-0.3, -0.25) is 0 Å². The number of halogens is 2. The Morgan fingerprint density at radius 3 is 2.59 bits per heavy atom. The summed E-state index contributed by atoms with van der Waals surface area (Å²) in [6, 6.07) is 4.48. The van der Waals surface area contributed by atoms with Crippen molar-refractivity contribution in [2.75, 3.05) is 12.4 Å². The highest BCUT2D eigenvalue weighted by atomic mass is 19.1. The SMILES string of the molecule is CNc1ncc(F)c(-c2ccc(C)c(F)c2)n1. The van der Waals surface area contributed by atoms with E-state index in [-0.39, 0.29) is 11.5 Å². The standard InChI is InChI=1S/C12H11F2N3/c1-7-3-4-8(5-9(7)13)11-10(14)6-16-12(15-2)17-11/h3-6H,1-2H3,(H,15,16,17). The van der Waals surface area contributed by atoms with E-state index in [1.807, 2.05) is 0 Å². The number of aromatic nitrogens is 2. The number of rotatable bonds is 2. The van der Waals surface area contributed by atoms with Gasteiger partial charge in [0, 0.05) is 12.6 Å². The van der Waals surface area contributed by atoms with Crippen molar-refractivity contribution in [2.24, 2.45) is 0 Å². The number of hydrogen-bond acceptors (Lipinski definition) is 3. The van der Waals surface area contributed by atoms with Gasteiger partial charge in [0.05, 0.1) is 6.20 Å². The molecule has 88 valence electrons. The van der Waals surface area contributed by atoms with E-state index in [1.165, 1.54) is 6.07 Å². The highest BCUT2D eigenvalue weighted by Crippen LogP contribution is 2.23. The molecule has 1 aromatic heterocycles. The zero-order valence-electron chi connectivity index (χ0n) is 9.46. The maximum atomic E-state index is 13.5. The molecule has 1 aromatic carbocycles. The van der Waals surface area contributed by atoms with Gasteiger partial charge in [-0.2, -0.15) is 0 Å². The lowest BCUT2D eigenvalue weighted by atomic mass is 10.1. The van der Waals surface area contributed by atoms with Crippen LogP contribution in [0, 0.1) is 18.6 Å². The average molecular weight is 235 g/mol. The van der Waals surface area contributed by atoms with E-state index < -0.39 is 5.82 Å². The fourth-order valence-electron chi connectivity index (χ4n) is 1.43. The summed E-state index contributed by atoms with van der Waals surface area (Å²) in [7, 11) is 1.63. The van der Waals surface area contributed by atoms with Crippen LogP contribution in [-0.4, -0.2) is 17.0 Å².